The third-order valence-electron chi connectivity index (χ3n) is 7.89. The van der Waals surface area contributed by atoms with Crippen LogP contribution in [0.2, 0.25) is 0 Å². The van der Waals surface area contributed by atoms with Crippen molar-refractivity contribution < 1.29 is 18.4 Å². The van der Waals surface area contributed by atoms with E-state index in [9.17, 15) is 18.4 Å². The Hall–Kier alpha value is -1.54. The van der Waals surface area contributed by atoms with E-state index in [0.717, 1.165) is 25.7 Å². The normalized spacial score (nSPS) is 35.6. The van der Waals surface area contributed by atoms with Crippen molar-refractivity contribution in [1.82, 2.24) is 16.0 Å². The molecule has 5 rings (SSSR count). The van der Waals surface area contributed by atoms with Crippen LogP contribution in [-0.4, -0.2) is 37.1 Å². The summed E-state index contributed by atoms with van der Waals surface area (Å²) in [5, 5.41) is 8.71. The number of carbonyl (C=O) groups excluding carboxylic acids is 2. The van der Waals surface area contributed by atoms with Crippen LogP contribution in [0.4, 0.5) is 8.78 Å². The minimum Gasteiger partial charge on any atom is -0.352 e. The maximum absolute atomic E-state index is 14.1. The van der Waals surface area contributed by atoms with Crippen molar-refractivity contribution >= 4 is 27.7 Å². The lowest BCUT2D eigenvalue weighted by Crippen LogP contribution is -2.49. The number of alkyl halides is 1. The van der Waals surface area contributed by atoms with E-state index in [4.69, 9.17) is 0 Å². The lowest BCUT2D eigenvalue weighted by Gasteiger charge is -2.30. The second kappa shape index (κ2) is 7.55. The molecule has 6 atom stereocenters. The summed E-state index contributed by atoms with van der Waals surface area (Å²) >= 11 is 3.23. The van der Waals surface area contributed by atoms with E-state index in [2.05, 4.69) is 31.9 Å². The van der Waals surface area contributed by atoms with Crippen LogP contribution in [0.15, 0.2) is 22.7 Å². The second-order valence-electron chi connectivity index (χ2n) is 9.32. The first-order valence-corrected chi connectivity index (χ1v) is 11.6. The van der Waals surface area contributed by atoms with E-state index in [1.54, 1.807) is 12.1 Å². The molecule has 8 heteroatoms. The van der Waals surface area contributed by atoms with Gasteiger partial charge in [-0.2, -0.15) is 0 Å². The van der Waals surface area contributed by atoms with Crippen molar-refractivity contribution in [3.05, 3.63) is 34.1 Å². The molecule has 162 valence electrons. The van der Waals surface area contributed by atoms with Crippen molar-refractivity contribution in [2.24, 2.45) is 29.1 Å². The Kier molecular flexibility index (Phi) is 5.13. The van der Waals surface area contributed by atoms with Gasteiger partial charge in [0.25, 0.3) is 0 Å². The predicted octanol–water partition coefficient (Wildman–Crippen LogP) is 2.68. The van der Waals surface area contributed by atoms with Gasteiger partial charge in [0.2, 0.25) is 11.8 Å². The number of nitrogens with one attached hydrogen (secondary N) is 3. The minimum absolute atomic E-state index is 0.0896. The van der Waals surface area contributed by atoms with Gasteiger partial charge in [0.15, 0.2) is 0 Å². The molecule has 1 aliphatic heterocycles. The summed E-state index contributed by atoms with van der Waals surface area (Å²) in [5.74, 6) is -1.22. The fourth-order valence-corrected chi connectivity index (χ4v) is 6.73. The van der Waals surface area contributed by atoms with Crippen LogP contribution in [0.5, 0.6) is 0 Å². The first-order chi connectivity index (χ1) is 14.4. The van der Waals surface area contributed by atoms with Crippen LogP contribution in [-0.2, 0) is 16.1 Å². The molecule has 4 fully saturated rings. The molecule has 2 bridgehead atoms. The summed E-state index contributed by atoms with van der Waals surface area (Å²) in [6.07, 6.45) is 2.93. The number of benzene rings is 1. The molecule has 30 heavy (non-hydrogen) atoms. The fourth-order valence-electron chi connectivity index (χ4n) is 6.39. The van der Waals surface area contributed by atoms with Gasteiger partial charge in [-0.15, -0.1) is 0 Å². The lowest BCUT2D eigenvalue weighted by atomic mass is 9.78. The Bertz CT molecular complexity index is 878. The van der Waals surface area contributed by atoms with E-state index in [0.29, 0.717) is 16.6 Å². The highest BCUT2D eigenvalue weighted by molar-refractivity contribution is 9.10. The van der Waals surface area contributed by atoms with Gasteiger partial charge in [-0.05, 0) is 55.1 Å². The van der Waals surface area contributed by atoms with E-state index in [1.165, 1.54) is 6.07 Å². The third-order valence-corrected chi connectivity index (χ3v) is 8.38. The first-order valence-electron chi connectivity index (χ1n) is 10.8. The molecule has 2 unspecified atom stereocenters. The van der Waals surface area contributed by atoms with Crippen molar-refractivity contribution in [3.8, 4) is 0 Å². The molecule has 1 spiro atoms. The highest BCUT2D eigenvalue weighted by Crippen LogP contribution is 2.74. The van der Waals surface area contributed by atoms with Gasteiger partial charge in [-0.1, -0.05) is 22.0 Å². The van der Waals surface area contributed by atoms with Gasteiger partial charge in [0.05, 0.1) is 17.9 Å². The van der Waals surface area contributed by atoms with Gasteiger partial charge in [0.1, 0.15) is 12.0 Å². The third kappa shape index (κ3) is 3.27. The summed E-state index contributed by atoms with van der Waals surface area (Å²) in [7, 11) is 0. The molecule has 4 aliphatic rings. The monoisotopic (exact) mass is 481 g/mol. The molecule has 1 aromatic rings. The molecule has 0 aromatic heterocycles. The Morgan fingerprint density at radius 2 is 1.83 bits per heavy atom. The molecule has 3 saturated carbocycles. The molecule has 2 amide bonds. The minimum atomic E-state index is -1.10. The van der Waals surface area contributed by atoms with Crippen LogP contribution < -0.4 is 16.0 Å². The lowest BCUT2D eigenvalue weighted by molar-refractivity contribution is -0.137. The summed E-state index contributed by atoms with van der Waals surface area (Å²) in [6.45, 7) is 0.749. The van der Waals surface area contributed by atoms with Crippen LogP contribution in [0.25, 0.3) is 0 Å². The van der Waals surface area contributed by atoms with E-state index in [1.807, 2.05) is 0 Å². The second-order valence-corrected chi connectivity index (χ2v) is 10.2. The quantitative estimate of drug-likeness (QED) is 0.605. The molecule has 1 heterocycles. The standard InChI is InChI=1S/C22H26BrF2N3O2/c23-12-2-1-11(15(24)7-12)8-27-20(29)18-13-3-4-14(22(13)5-6-22)19(18)21(30)28-17-10-26-9-16(17)25/h1-2,7,13-14,16-19,26H,3-6,8-10H2,(H,27,29)(H,28,30)/t13-,14+,16?,17?,18+,19+/m0/s1. The Morgan fingerprint density at radius 3 is 2.43 bits per heavy atom. The fraction of sp³-hybridized carbons (Fsp3) is 0.636. The SMILES string of the molecule is O=C(NC1CNCC1F)[C@H]1[C@H](C(=O)NCc2ccc(Br)cc2F)[C@@H]2CC[C@H]1C21CC1. The number of hydrogen-bond donors (Lipinski definition) is 3. The molecular formula is C22H26BrF2N3O2. The number of hydrogen-bond acceptors (Lipinski definition) is 3. The van der Waals surface area contributed by atoms with Crippen molar-refractivity contribution in [3.63, 3.8) is 0 Å². The van der Waals surface area contributed by atoms with E-state index in [-0.39, 0.29) is 48.0 Å². The maximum atomic E-state index is 14.1. The number of amides is 2. The van der Waals surface area contributed by atoms with Gasteiger partial charge in [0, 0.05) is 29.7 Å². The van der Waals surface area contributed by atoms with Gasteiger partial charge >= 0.3 is 0 Å². The Balaban J connectivity index is 1.32. The molecule has 3 aliphatic carbocycles. The maximum Gasteiger partial charge on any atom is 0.224 e. The highest BCUT2D eigenvalue weighted by Gasteiger charge is 2.71. The Morgan fingerprint density at radius 1 is 1.13 bits per heavy atom. The molecule has 3 N–H and O–H groups in total. The predicted molar refractivity (Wildman–Crippen MR) is 111 cm³/mol. The number of halogens is 3. The zero-order valence-electron chi connectivity index (χ0n) is 16.6. The van der Waals surface area contributed by atoms with Crippen LogP contribution in [0, 0.1) is 34.9 Å². The van der Waals surface area contributed by atoms with Crippen LogP contribution in [0.3, 0.4) is 0 Å². The highest BCUT2D eigenvalue weighted by atomic mass is 79.9. The summed E-state index contributed by atoms with van der Waals surface area (Å²) < 4.78 is 28.8. The summed E-state index contributed by atoms with van der Waals surface area (Å²) in [5.41, 5.74) is 0.518. The van der Waals surface area contributed by atoms with Crippen molar-refractivity contribution in [2.75, 3.05) is 13.1 Å². The van der Waals surface area contributed by atoms with Gasteiger partial charge in [-0.3, -0.25) is 9.59 Å². The molecular weight excluding hydrogens is 456 g/mol. The molecule has 1 saturated heterocycles. The zero-order chi connectivity index (χ0) is 21.0. The van der Waals surface area contributed by atoms with Crippen molar-refractivity contribution in [2.45, 2.75) is 44.4 Å². The van der Waals surface area contributed by atoms with E-state index >= 15 is 0 Å². The molecule has 5 nitrogen and oxygen atoms in total. The van der Waals surface area contributed by atoms with Crippen LogP contribution in [0.1, 0.15) is 31.2 Å². The number of carbonyl (C=O) groups is 2. The molecule has 1 aromatic carbocycles. The van der Waals surface area contributed by atoms with Crippen LogP contribution >= 0.6 is 15.9 Å². The topological polar surface area (TPSA) is 70.2 Å². The average molecular weight is 482 g/mol. The zero-order valence-corrected chi connectivity index (χ0v) is 18.2. The van der Waals surface area contributed by atoms with Gasteiger partial charge in [-0.25, -0.2) is 8.78 Å². The van der Waals surface area contributed by atoms with Crippen molar-refractivity contribution in [1.29, 1.82) is 0 Å². The first kappa shape index (κ1) is 20.4. The average Bonchev–Trinajstić information content (AvgIpc) is 3.21. The largest absolute Gasteiger partial charge is 0.352 e. The Labute approximate surface area is 182 Å². The van der Waals surface area contributed by atoms with E-state index < -0.39 is 24.0 Å². The summed E-state index contributed by atoms with van der Waals surface area (Å²) in [4.78, 5) is 26.4. The molecule has 0 radical (unpaired) electrons. The summed E-state index contributed by atoms with van der Waals surface area (Å²) in [6, 6.07) is 4.21. The van der Waals surface area contributed by atoms with Gasteiger partial charge < -0.3 is 16.0 Å². The smallest absolute Gasteiger partial charge is 0.224 e. The number of rotatable bonds is 5.